The third kappa shape index (κ3) is 4.72. The number of benzene rings is 1. The molecule has 1 amide bonds. The number of carbonyl (C=O) groups is 1. The molecule has 146 valence electrons. The number of hydrogen-bond donors (Lipinski definition) is 0. The van der Waals surface area contributed by atoms with E-state index in [1.807, 2.05) is 17.5 Å². The van der Waals surface area contributed by atoms with E-state index in [1.165, 1.54) is 4.88 Å². The van der Waals surface area contributed by atoms with E-state index in [0.29, 0.717) is 12.5 Å². The molecule has 2 heterocycles. The van der Waals surface area contributed by atoms with Gasteiger partial charge < -0.3 is 4.90 Å². The highest BCUT2D eigenvalue weighted by atomic mass is 32.2. The zero-order chi connectivity index (χ0) is 19.4. The zero-order valence-corrected chi connectivity index (χ0v) is 16.2. The van der Waals surface area contributed by atoms with Crippen molar-refractivity contribution in [2.45, 2.75) is 24.2 Å². The van der Waals surface area contributed by atoms with Gasteiger partial charge in [0.25, 0.3) is 0 Å². The van der Waals surface area contributed by atoms with Crippen molar-refractivity contribution in [3.8, 4) is 0 Å². The van der Waals surface area contributed by atoms with Crippen molar-refractivity contribution in [1.29, 1.82) is 0 Å². The van der Waals surface area contributed by atoms with Crippen LogP contribution >= 0.6 is 11.3 Å². The van der Waals surface area contributed by atoms with Crippen LogP contribution < -0.4 is 0 Å². The third-order valence-electron chi connectivity index (χ3n) is 4.50. The quantitative estimate of drug-likeness (QED) is 0.730. The van der Waals surface area contributed by atoms with E-state index in [9.17, 15) is 22.0 Å². The maximum atomic E-state index is 13.9. The second-order valence-electron chi connectivity index (χ2n) is 6.29. The lowest BCUT2D eigenvalue weighted by molar-refractivity contribution is -0.132. The molecular weight excluding hydrogens is 394 g/mol. The van der Waals surface area contributed by atoms with Crippen molar-refractivity contribution in [1.82, 2.24) is 9.21 Å². The van der Waals surface area contributed by atoms with E-state index in [4.69, 9.17) is 0 Å². The van der Waals surface area contributed by atoms with E-state index in [-0.39, 0.29) is 32.1 Å². The van der Waals surface area contributed by atoms with Crippen LogP contribution in [0.25, 0.3) is 0 Å². The highest BCUT2D eigenvalue weighted by Gasteiger charge is 2.31. The molecular formula is C18H20F2N2O3S2. The molecule has 0 saturated carbocycles. The highest BCUT2D eigenvalue weighted by Crippen LogP contribution is 2.22. The van der Waals surface area contributed by atoms with Gasteiger partial charge in [-0.1, -0.05) is 6.07 Å². The van der Waals surface area contributed by atoms with Gasteiger partial charge in [0, 0.05) is 43.5 Å². The van der Waals surface area contributed by atoms with Crippen LogP contribution in [-0.4, -0.2) is 49.7 Å². The molecule has 1 saturated heterocycles. The number of halogens is 2. The van der Waals surface area contributed by atoms with Gasteiger partial charge >= 0.3 is 0 Å². The van der Waals surface area contributed by atoms with Crippen LogP contribution in [-0.2, 0) is 21.2 Å². The van der Waals surface area contributed by atoms with Crippen LogP contribution in [0.2, 0.25) is 0 Å². The van der Waals surface area contributed by atoms with Crippen molar-refractivity contribution in [3.63, 3.8) is 0 Å². The molecule has 0 bridgehead atoms. The van der Waals surface area contributed by atoms with Crippen LogP contribution in [0.3, 0.4) is 0 Å². The van der Waals surface area contributed by atoms with Crippen LogP contribution in [0.1, 0.15) is 17.7 Å². The first kappa shape index (κ1) is 19.9. The standard InChI is InChI=1S/C18H20F2N2O3S2/c19-14-6-7-17(16(20)13-14)27(24,25)22-10-8-21(9-11-22)18(23)5-1-3-15-4-2-12-26-15/h2,4,6-7,12-13H,1,3,5,8-11H2. The van der Waals surface area contributed by atoms with E-state index < -0.39 is 26.6 Å². The summed E-state index contributed by atoms with van der Waals surface area (Å²) in [5, 5.41) is 2.00. The van der Waals surface area contributed by atoms with Crippen molar-refractivity contribution in [3.05, 3.63) is 52.2 Å². The summed E-state index contributed by atoms with van der Waals surface area (Å²) in [6.45, 7) is 0.714. The molecule has 1 aromatic carbocycles. The molecule has 1 aliphatic rings. The number of hydrogen-bond acceptors (Lipinski definition) is 4. The Morgan fingerprint density at radius 1 is 1.11 bits per heavy atom. The lowest BCUT2D eigenvalue weighted by Gasteiger charge is -2.34. The first-order chi connectivity index (χ1) is 12.9. The van der Waals surface area contributed by atoms with Crippen LogP contribution in [0.5, 0.6) is 0 Å². The zero-order valence-electron chi connectivity index (χ0n) is 14.6. The Hall–Kier alpha value is -1.84. The predicted molar refractivity (Wildman–Crippen MR) is 99.0 cm³/mol. The van der Waals surface area contributed by atoms with Gasteiger partial charge in [-0.3, -0.25) is 4.79 Å². The number of thiophene rings is 1. The molecule has 3 rings (SSSR count). The summed E-state index contributed by atoms with van der Waals surface area (Å²) >= 11 is 1.66. The fourth-order valence-electron chi connectivity index (χ4n) is 3.03. The summed E-state index contributed by atoms with van der Waals surface area (Å²) in [6.07, 6.45) is 2.01. The molecule has 0 unspecified atom stereocenters. The number of rotatable bonds is 6. The van der Waals surface area contributed by atoms with Gasteiger partial charge in [0.2, 0.25) is 15.9 Å². The Kier molecular flexibility index (Phi) is 6.23. The molecule has 27 heavy (non-hydrogen) atoms. The van der Waals surface area contributed by atoms with Crippen molar-refractivity contribution in [2.75, 3.05) is 26.2 Å². The molecule has 1 aliphatic heterocycles. The Balaban J connectivity index is 1.54. The number of carbonyl (C=O) groups excluding carboxylic acids is 1. The van der Waals surface area contributed by atoms with Crippen molar-refractivity contribution in [2.24, 2.45) is 0 Å². The second-order valence-corrected chi connectivity index (χ2v) is 9.23. The Labute approximate surface area is 161 Å². The average Bonchev–Trinajstić information content (AvgIpc) is 3.15. The molecule has 0 N–H and O–H groups in total. The number of sulfonamides is 1. The van der Waals surface area contributed by atoms with Gasteiger partial charge in [-0.25, -0.2) is 17.2 Å². The summed E-state index contributed by atoms with van der Waals surface area (Å²) in [4.78, 5) is 14.6. The molecule has 0 radical (unpaired) electrons. The fourth-order valence-corrected chi connectivity index (χ4v) is 5.25. The molecule has 0 atom stereocenters. The van der Waals surface area contributed by atoms with Gasteiger partial charge in [0.15, 0.2) is 0 Å². The summed E-state index contributed by atoms with van der Waals surface area (Å²) in [5.41, 5.74) is 0. The normalized spacial score (nSPS) is 15.9. The monoisotopic (exact) mass is 414 g/mol. The minimum absolute atomic E-state index is 0.00318. The van der Waals surface area contributed by atoms with E-state index in [0.717, 1.165) is 29.3 Å². The van der Waals surface area contributed by atoms with Crippen LogP contribution in [0.4, 0.5) is 8.78 Å². The van der Waals surface area contributed by atoms with Gasteiger partial charge in [-0.2, -0.15) is 4.31 Å². The molecule has 2 aromatic rings. The predicted octanol–water partition coefficient (Wildman–Crippen LogP) is 2.88. The topological polar surface area (TPSA) is 57.7 Å². The summed E-state index contributed by atoms with van der Waals surface area (Å²) < 4.78 is 53.1. The molecule has 1 fully saturated rings. The fraction of sp³-hybridized carbons (Fsp3) is 0.389. The maximum absolute atomic E-state index is 13.9. The van der Waals surface area contributed by atoms with Gasteiger partial charge in [-0.05, 0) is 36.4 Å². The molecule has 0 spiro atoms. The summed E-state index contributed by atoms with van der Waals surface area (Å²) in [7, 11) is -4.05. The Morgan fingerprint density at radius 2 is 1.85 bits per heavy atom. The summed E-state index contributed by atoms with van der Waals surface area (Å²) in [6, 6.07) is 6.42. The number of piperazine rings is 1. The number of aryl methyl sites for hydroxylation is 1. The van der Waals surface area contributed by atoms with Crippen molar-refractivity contribution < 1.29 is 22.0 Å². The summed E-state index contributed by atoms with van der Waals surface area (Å²) in [5.74, 6) is -1.94. The lowest BCUT2D eigenvalue weighted by Crippen LogP contribution is -2.50. The van der Waals surface area contributed by atoms with E-state index >= 15 is 0 Å². The average molecular weight is 414 g/mol. The Bertz CT molecular complexity index is 893. The minimum Gasteiger partial charge on any atom is -0.340 e. The van der Waals surface area contributed by atoms with E-state index in [2.05, 4.69) is 0 Å². The van der Waals surface area contributed by atoms with E-state index in [1.54, 1.807) is 16.2 Å². The third-order valence-corrected chi connectivity index (χ3v) is 7.37. The molecule has 5 nitrogen and oxygen atoms in total. The number of amides is 1. The smallest absolute Gasteiger partial charge is 0.246 e. The minimum atomic E-state index is -4.05. The van der Waals surface area contributed by atoms with Crippen LogP contribution in [0.15, 0.2) is 40.6 Å². The maximum Gasteiger partial charge on any atom is 0.246 e. The first-order valence-corrected chi connectivity index (χ1v) is 11.0. The molecule has 9 heteroatoms. The molecule has 1 aromatic heterocycles. The second kappa shape index (κ2) is 8.45. The van der Waals surface area contributed by atoms with Crippen molar-refractivity contribution >= 4 is 27.3 Å². The lowest BCUT2D eigenvalue weighted by atomic mass is 10.2. The number of nitrogens with zero attached hydrogens (tertiary/aromatic N) is 2. The first-order valence-electron chi connectivity index (χ1n) is 8.63. The van der Waals surface area contributed by atoms with Gasteiger partial charge in [-0.15, -0.1) is 11.3 Å². The van der Waals surface area contributed by atoms with Gasteiger partial charge in [0.05, 0.1) is 0 Å². The Morgan fingerprint density at radius 3 is 2.48 bits per heavy atom. The van der Waals surface area contributed by atoms with Gasteiger partial charge in [0.1, 0.15) is 16.5 Å². The largest absolute Gasteiger partial charge is 0.340 e. The van der Waals surface area contributed by atoms with Crippen LogP contribution in [0, 0.1) is 11.6 Å². The highest BCUT2D eigenvalue weighted by molar-refractivity contribution is 7.89. The SMILES string of the molecule is O=C(CCCc1cccs1)N1CCN(S(=O)(=O)c2ccc(F)cc2F)CC1. The molecule has 0 aliphatic carbocycles.